The van der Waals surface area contributed by atoms with Crippen molar-refractivity contribution in [3.8, 4) is 5.75 Å². The maximum atomic E-state index is 12.8. The van der Waals surface area contributed by atoms with Gasteiger partial charge >= 0.3 is 5.97 Å². The first-order valence-electron chi connectivity index (χ1n) is 7.83. The van der Waals surface area contributed by atoms with Gasteiger partial charge in [-0.15, -0.1) is 0 Å². The highest BCUT2D eigenvalue weighted by molar-refractivity contribution is 7.89. The van der Waals surface area contributed by atoms with Crippen LogP contribution in [0, 0.1) is 10.1 Å². The molecule has 0 saturated heterocycles. The van der Waals surface area contributed by atoms with Crippen molar-refractivity contribution in [3.05, 3.63) is 64.2 Å². The number of para-hydroxylation sites is 1. The maximum Gasteiger partial charge on any atom is 0.329 e. The minimum Gasteiger partial charge on any atom is -0.497 e. The molecule has 2 N–H and O–H groups in total. The number of carboxylic acids is 1. The van der Waals surface area contributed by atoms with Gasteiger partial charge in [-0.1, -0.05) is 31.2 Å². The molecule has 144 valence electrons. The minimum atomic E-state index is -4.52. The highest BCUT2D eigenvalue weighted by Crippen LogP contribution is 2.31. The van der Waals surface area contributed by atoms with Gasteiger partial charge in [0.25, 0.3) is 5.69 Å². The molecular formula is C17H18N2O7S. The van der Waals surface area contributed by atoms with E-state index in [0.29, 0.717) is 5.75 Å². The van der Waals surface area contributed by atoms with Crippen molar-refractivity contribution in [1.29, 1.82) is 0 Å². The van der Waals surface area contributed by atoms with Crippen molar-refractivity contribution in [1.82, 2.24) is 4.72 Å². The summed E-state index contributed by atoms with van der Waals surface area (Å²) in [6.45, 7) is 1.50. The van der Waals surface area contributed by atoms with Crippen molar-refractivity contribution in [2.24, 2.45) is 0 Å². The van der Waals surface area contributed by atoms with Crippen molar-refractivity contribution >= 4 is 21.7 Å². The summed E-state index contributed by atoms with van der Waals surface area (Å²) < 4.78 is 32.8. The van der Waals surface area contributed by atoms with Crippen LogP contribution in [0.25, 0.3) is 0 Å². The number of nitro groups is 1. The first kappa shape index (κ1) is 20.3. The highest BCUT2D eigenvalue weighted by atomic mass is 32.2. The molecule has 2 aromatic rings. The molecule has 1 unspecified atom stereocenters. The zero-order valence-corrected chi connectivity index (χ0v) is 15.4. The summed E-state index contributed by atoms with van der Waals surface area (Å²) >= 11 is 0. The molecule has 0 aliphatic heterocycles. The number of sulfonamides is 1. The molecule has 2 rings (SSSR count). The number of benzene rings is 2. The third kappa shape index (κ3) is 3.91. The Morgan fingerprint density at radius 2 is 1.81 bits per heavy atom. The van der Waals surface area contributed by atoms with Gasteiger partial charge in [-0.05, 0) is 30.2 Å². The van der Waals surface area contributed by atoms with Crippen LogP contribution in [0.1, 0.15) is 18.9 Å². The fourth-order valence-corrected chi connectivity index (χ4v) is 4.24. The quantitative estimate of drug-likeness (QED) is 0.518. The molecule has 1 atom stereocenters. The lowest BCUT2D eigenvalue weighted by Crippen LogP contribution is -2.51. The number of carboxylic acid groups (broad SMARTS) is 1. The van der Waals surface area contributed by atoms with Gasteiger partial charge in [0.15, 0.2) is 10.4 Å². The Balaban J connectivity index is 2.59. The van der Waals surface area contributed by atoms with Gasteiger partial charge < -0.3 is 9.84 Å². The summed E-state index contributed by atoms with van der Waals surface area (Å²) in [5, 5.41) is 21.0. The number of methoxy groups -OCH3 is 1. The highest BCUT2D eigenvalue weighted by Gasteiger charge is 2.44. The lowest BCUT2D eigenvalue weighted by molar-refractivity contribution is -0.387. The zero-order chi connectivity index (χ0) is 20.2. The molecule has 0 amide bonds. The van der Waals surface area contributed by atoms with E-state index >= 15 is 0 Å². The van der Waals surface area contributed by atoms with Crippen LogP contribution < -0.4 is 9.46 Å². The Hall–Kier alpha value is -2.98. The number of ether oxygens (including phenoxy) is 1. The Labute approximate surface area is 155 Å². The number of hydrogen-bond acceptors (Lipinski definition) is 6. The third-order valence-corrected chi connectivity index (χ3v) is 5.68. The predicted octanol–water partition coefficient (Wildman–Crippen LogP) is 2.27. The molecule has 0 radical (unpaired) electrons. The van der Waals surface area contributed by atoms with E-state index in [2.05, 4.69) is 4.72 Å². The normalized spacial score (nSPS) is 13.6. The van der Waals surface area contributed by atoms with E-state index < -0.39 is 37.0 Å². The van der Waals surface area contributed by atoms with Crippen LogP contribution in [-0.2, 0) is 20.4 Å². The molecule has 27 heavy (non-hydrogen) atoms. The SMILES string of the molecule is CCC(NS(=O)(=O)c1ccccc1[N+](=O)[O-])(C(=O)O)c1ccc(OC)cc1. The van der Waals surface area contributed by atoms with Crippen LogP contribution in [0.5, 0.6) is 5.75 Å². The number of nitro benzene ring substituents is 1. The molecule has 0 aliphatic rings. The molecule has 0 aliphatic carbocycles. The van der Waals surface area contributed by atoms with Crippen LogP contribution in [0.4, 0.5) is 5.69 Å². The molecule has 0 heterocycles. The summed E-state index contributed by atoms with van der Waals surface area (Å²) in [7, 11) is -3.08. The van der Waals surface area contributed by atoms with Crippen LogP contribution in [0.15, 0.2) is 53.4 Å². The number of nitrogens with zero attached hydrogens (tertiary/aromatic N) is 1. The van der Waals surface area contributed by atoms with E-state index in [1.54, 1.807) is 0 Å². The molecule has 0 fully saturated rings. The Kier molecular flexibility index (Phi) is 5.82. The van der Waals surface area contributed by atoms with Gasteiger partial charge in [-0.2, -0.15) is 4.72 Å². The lowest BCUT2D eigenvalue weighted by Gasteiger charge is -2.29. The van der Waals surface area contributed by atoms with E-state index in [9.17, 15) is 28.4 Å². The molecule has 2 aromatic carbocycles. The van der Waals surface area contributed by atoms with Gasteiger partial charge in [0.05, 0.1) is 12.0 Å². The standard InChI is InChI=1S/C17H18N2O7S/c1-3-17(16(20)21,12-8-10-13(26-2)11-9-12)18-27(24,25)15-7-5-4-6-14(15)19(22)23/h4-11,18H,3H2,1-2H3,(H,20,21). The molecule has 0 spiro atoms. The molecular weight excluding hydrogens is 376 g/mol. The molecule has 0 bridgehead atoms. The fraction of sp³-hybridized carbons (Fsp3) is 0.235. The molecule has 9 nitrogen and oxygen atoms in total. The van der Waals surface area contributed by atoms with Crippen molar-refractivity contribution in [2.45, 2.75) is 23.8 Å². The Bertz CT molecular complexity index is 958. The Morgan fingerprint density at radius 1 is 1.22 bits per heavy atom. The Morgan fingerprint density at radius 3 is 2.30 bits per heavy atom. The second-order valence-corrected chi connectivity index (χ2v) is 7.27. The smallest absolute Gasteiger partial charge is 0.329 e. The summed E-state index contributed by atoms with van der Waals surface area (Å²) in [6.07, 6.45) is -0.130. The largest absolute Gasteiger partial charge is 0.497 e. The van der Waals surface area contributed by atoms with E-state index in [4.69, 9.17) is 4.74 Å². The number of rotatable bonds is 8. The van der Waals surface area contributed by atoms with E-state index in [1.165, 1.54) is 50.4 Å². The van der Waals surface area contributed by atoms with Crippen molar-refractivity contribution in [3.63, 3.8) is 0 Å². The zero-order valence-electron chi connectivity index (χ0n) is 14.6. The average Bonchev–Trinajstić information content (AvgIpc) is 2.66. The summed E-state index contributed by atoms with van der Waals surface area (Å²) in [5.74, 6) is -0.965. The van der Waals surface area contributed by atoms with Crippen molar-refractivity contribution in [2.75, 3.05) is 7.11 Å². The van der Waals surface area contributed by atoms with E-state index in [1.807, 2.05) is 0 Å². The van der Waals surface area contributed by atoms with Gasteiger partial charge in [-0.3, -0.25) is 10.1 Å². The summed E-state index contributed by atoms with van der Waals surface area (Å²) in [6, 6.07) is 10.6. The van der Waals surface area contributed by atoms with Crippen LogP contribution in [-0.4, -0.2) is 31.5 Å². The van der Waals surface area contributed by atoms with Gasteiger partial charge in [-0.25, -0.2) is 13.2 Å². The van der Waals surface area contributed by atoms with Gasteiger partial charge in [0.1, 0.15) is 5.75 Å². The number of nitrogens with one attached hydrogen (secondary N) is 1. The average molecular weight is 394 g/mol. The number of hydrogen-bond donors (Lipinski definition) is 2. The molecule has 10 heteroatoms. The molecule has 0 aromatic heterocycles. The number of aliphatic carboxylic acids is 1. The first-order chi connectivity index (χ1) is 12.7. The van der Waals surface area contributed by atoms with Gasteiger partial charge in [0, 0.05) is 6.07 Å². The van der Waals surface area contributed by atoms with Crippen LogP contribution in [0.3, 0.4) is 0 Å². The van der Waals surface area contributed by atoms with Crippen LogP contribution in [0.2, 0.25) is 0 Å². The lowest BCUT2D eigenvalue weighted by atomic mass is 9.88. The second kappa shape index (κ2) is 7.72. The van der Waals surface area contributed by atoms with Crippen LogP contribution >= 0.6 is 0 Å². The first-order valence-corrected chi connectivity index (χ1v) is 9.31. The monoisotopic (exact) mass is 394 g/mol. The van der Waals surface area contributed by atoms with Gasteiger partial charge in [0.2, 0.25) is 10.0 Å². The third-order valence-electron chi connectivity index (χ3n) is 4.14. The second-order valence-electron chi connectivity index (χ2n) is 5.62. The maximum absolute atomic E-state index is 12.8. The van der Waals surface area contributed by atoms with Crippen molar-refractivity contribution < 1.29 is 28.0 Å². The van der Waals surface area contributed by atoms with E-state index in [0.717, 1.165) is 12.1 Å². The summed E-state index contributed by atoms with van der Waals surface area (Å²) in [4.78, 5) is 21.8. The predicted molar refractivity (Wildman–Crippen MR) is 96.0 cm³/mol. The topological polar surface area (TPSA) is 136 Å². The number of carbonyl (C=O) groups is 1. The summed E-state index contributed by atoms with van der Waals surface area (Å²) in [5.41, 5.74) is -2.48. The van der Waals surface area contributed by atoms with E-state index in [-0.39, 0.29) is 12.0 Å². The fourth-order valence-electron chi connectivity index (χ4n) is 2.65. The minimum absolute atomic E-state index is 0.130. The molecule has 0 saturated carbocycles.